The molecule has 1 N–H and O–H groups in total. The highest BCUT2D eigenvalue weighted by molar-refractivity contribution is 5.75. The van der Waals surface area contributed by atoms with Crippen molar-refractivity contribution in [1.82, 2.24) is 9.97 Å². The van der Waals surface area contributed by atoms with Crippen LogP contribution in [0.4, 0.5) is 0 Å². The van der Waals surface area contributed by atoms with Crippen molar-refractivity contribution in [2.45, 2.75) is 26.9 Å². The zero-order chi connectivity index (χ0) is 19.7. The maximum atomic E-state index is 12.4. The monoisotopic (exact) mass is 378 g/mol. The van der Waals surface area contributed by atoms with Crippen molar-refractivity contribution >= 4 is 11.1 Å². The first-order chi connectivity index (χ1) is 13.5. The molecule has 3 heterocycles. The minimum Gasteiger partial charge on any atom is -0.461 e. The number of H-pyrrole nitrogens is 1. The SMILES string of the molecule is CCc1cc(=O)oc2nc(OCc3cc(-c4ccccc4)oc3C)[nH]c(=O)c12. The molecule has 28 heavy (non-hydrogen) atoms. The molecule has 0 amide bonds. The number of hydrogen-bond donors (Lipinski definition) is 1. The van der Waals surface area contributed by atoms with Crippen LogP contribution in [-0.2, 0) is 13.0 Å². The van der Waals surface area contributed by atoms with Crippen LogP contribution < -0.4 is 15.9 Å². The van der Waals surface area contributed by atoms with Crippen LogP contribution in [0.2, 0.25) is 0 Å². The van der Waals surface area contributed by atoms with Crippen LogP contribution in [0.3, 0.4) is 0 Å². The molecule has 7 nitrogen and oxygen atoms in total. The largest absolute Gasteiger partial charge is 0.461 e. The molecule has 7 heteroatoms. The first-order valence-electron chi connectivity index (χ1n) is 8.89. The smallest absolute Gasteiger partial charge is 0.337 e. The number of furan rings is 1. The first kappa shape index (κ1) is 17.8. The number of aromatic nitrogens is 2. The molecule has 0 aliphatic carbocycles. The average molecular weight is 378 g/mol. The summed E-state index contributed by atoms with van der Waals surface area (Å²) in [7, 11) is 0. The molecule has 0 radical (unpaired) electrons. The summed E-state index contributed by atoms with van der Waals surface area (Å²) in [6.07, 6.45) is 0.517. The molecule has 0 bridgehead atoms. The van der Waals surface area contributed by atoms with Gasteiger partial charge in [-0.1, -0.05) is 37.3 Å². The fourth-order valence-electron chi connectivity index (χ4n) is 3.03. The van der Waals surface area contributed by atoms with Gasteiger partial charge in [-0.15, -0.1) is 0 Å². The van der Waals surface area contributed by atoms with Crippen molar-refractivity contribution in [3.05, 3.63) is 80.1 Å². The standard InChI is InChI=1S/C21H18N2O5/c1-3-13-10-17(24)28-20-18(13)19(25)22-21(23-20)26-11-15-9-16(27-12(15)2)14-7-5-4-6-8-14/h4-10H,3,11H2,1-2H3,(H,22,23,25). The minimum atomic E-state index is -0.549. The second kappa shape index (κ2) is 7.19. The third-order valence-electron chi connectivity index (χ3n) is 4.50. The lowest BCUT2D eigenvalue weighted by Crippen LogP contribution is -2.15. The van der Waals surface area contributed by atoms with Crippen molar-refractivity contribution in [3.8, 4) is 17.3 Å². The topological polar surface area (TPSA) is 98.3 Å². The van der Waals surface area contributed by atoms with Gasteiger partial charge in [0.1, 0.15) is 23.5 Å². The highest BCUT2D eigenvalue weighted by Gasteiger charge is 2.14. The van der Waals surface area contributed by atoms with E-state index in [1.165, 1.54) is 6.07 Å². The van der Waals surface area contributed by atoms with Crippen LogP contribution >= 0.6 is 0 Å². The Labute approximate surface area is 159 Å². The first-order valence-corrected chi connectivity index (χ1v) is 8.89. The van der Waals surface area contributed by atoms with Crippen LogP contribution in [-0.4, -0.2) is 9.97 Å². The van der Waals surface area contributed by atoms with Gasteiger partial charge in [0.05, 0.1) is 0 Å². The molecule has 0 saturated carbocycles. The summed E-state index contributed by atoms with van der Waals surface area (Å²) >= 11 is 0. The molecule has 0 fully saturated rings. The predicted molar refractivity (Wildman–Crippen MR) is 103 cm³/mol. The maximum Gasteiger partial charge on any atom is 0.337 e. The molecule has 1 aromatic carbocycles. The molecule has 0 spiro atoms. The Balaban J connectivity index is 1.62. The van der Waals surface area contributed by atoms with Gasteiger partial charge in [0.25, 0.3) is 11.6 Å². The summed E-state index contributed by atoms with van der Waals surface area (Å²) in [6.45, 7) is 3.84. The van der Waals surface area contributed by atoms with E-state index in [-0.39, 0.29) is 23.7 Å². The highest BCUT2D eigenvalue weighted by atomic mass is 16.5. The van der Waals surface area contributed by atoms with E-state index in [4.69, 9.17) is 13.6 Å². The Morgan fingerprint density at radius 3 is 2.61 bits per heavy atom. The van der Waals surface area contributed by atoms with Crippen molar-refractivity contribution < 1.29 is 13.6 Å². The Morgan fingerprint density at radius 2 is 1.86 bits per heavy atom. The second-order valence-corrected chi connectivity index (χ2v) is 6.34. The van der Waals surface area contributed by atoms with Gasteiger partial charge >= 0.3 is 5.63 Å². The van der Waals surface area contributed by atoms with Gasteiger partial charge in [-0.25, -0.2) is 4.79 Å². The van der Waals surface area contributed by atoms with E-state index in [9.17, 15) is 9.59 Å². The Morgan fingerprint density at radius 1 is 1.07 bits per heavy atom. The van der Waals surface area contributed by atoms with Gasteiger partial charge < -0.3 is 13.6 Å². The van der Waals surface area contributed by atoms with Crippen molar-refractivity contribution in [2.24, 2.45) is 0 Å². The van der Waals surface area contributed by atoms with E-state index in [0.29, 0.717) is 17.7 Å². The third kappa shape index (κ3) is 3.34. The lowest BCUT2D eigenvalue weighted by molar-refractivity contribution is 0.277. The predicted octanol–water partition coefficient (Wildman–Crippen LogP) is 3.59. The van der Waals surface area contributed by atoms with Crippen molar-refractivity contribution in [2.75, 3.05) is 0 Å². The molecule has 0 aliphatic rings. The molecular weight excluding hydrogens is 360 g/mol. The third-order valence-corrected chi connectivity index (χ3v) is 4.50. The number of ether oxygens (including phenoxy) is 1. The number of aromatic amines is 1. The van der Waals surface area contributed by atoms with E-state index >= 15 is 0 Å². The van der Waals surface area contributed by atoms with Crippen molar-refractivity contribution in [1.29, 1.82) is 0 Å². The molecule has 0 saturated heterocycles. The highest BCUT2D eigenvalue weighted by Crippen LogP contribution is 2.26. The summed E-state index contributed by atoms with van der Waals surface area (Å²) in [4.78, 5) is 30.8. The molecule has 4 rings (SSSR count). The van der Waals surface area contributed by atoms with Gasteiger partial charge in [-0.3, -0.25) is 9.78 Å². The van der Waals surface area contributed by atoms with Crippen LogP contribution in [0.25, 0.3) is 22.4 Å². The number of fused-ring (bicyclic) bond motifs is 1. The number of aryl methyl sites for hydroxylation is 2. The van der Waals surface area contributed by atoms with Crippen LogP contribution in [0.15, 0.2) is 60.9 Å². The molecular formula is C21H18N2O5. The second-order valence-electron chi connectivity index (χ2n) is 6.34. The molecule has 0 aliphatic heterocycles. The van der Waals surface area contributed by atoms with E-state index in [1.54, 1.807) is 0 Å². The van der Waals surface area contributed by atoms with Gasteiger partial charge in [0.2, 0.25) is 5.71 Å². The van der Waals surface area contributed by atoms with E-state index in [1.807, 2.05) is 50.2 Å². The Bertz CT molecular complexity index is 1250. The molecule has 0 atom stereocenters. The van der Waals surface area contributed by atoms with Gasteiger partial charge in [0, 0.05) is 17.2 Å². The molecule has 142 valence electrons. The number of nitrogens with one attached hydrogen (secondary N) is 1. The summed E-state index contributed by atoms with van der Waals surface area (Å²) in [5.41, 5.74) is 1.39. The molecule has 3 aromatic heterocycles. The maximum absolute atomic E-state index is 12.4. The lowest BCUT2D eigenvalue weighted by atomic mass is 10.1. The van der Waals surface area contributed by atoms with E-state index < -0.39 is 11.2 Å². The quantitative estimate of drug-likeness (QED) is 0.570. The molecule has 4 aromatic rings. The van der Waals surface area contributed by atoms with Gasteiger partial charge in [-0.05, 0) is 25.0 Å². The van der Waals surface area contributed by atoms with Gasteiger partial charge in [0.15, 0.2) is 0 Å². The summed E-state index contributed by atoms with van der Waals surface area (Å²) < 4.78 is 16.5. The lowest BCUT2D eigenvalue weighted by Gasteiger charge is -2.06. The Kier molecular flexibility index (Phi) is 4.57. The summed E-state index contributed by atoms with van der Waals surface area (Å²) in [6, 6.07) is 12.9. The number of hydrogen-bond acceptors (Lipinski definition) is 6. The van der Waals surface area contributed by atoms with Crippen LogP contribution in [0.5, 0.6) is 6.01 Å². The summed E-state index contributed by atoms with van der Waals surface area (Å²) in [5.74, 6) is 1.44. The minimum absolute atomic E-state index is 0.0178. The Hall–Kier alpha value is -3.61. The van der Waals surface area contributed by atoms with Gasteiger partial charge in [-0.2, -0.15) is 4.98 Å². The molecule has 0 unspecified atom stereocenters. The van der Waals surface area contributed by atoms with Crippen LogP contribution in [0.1, 0.15) is 23.8 Å². The number of rotatable bonds is 5. The normalized spacial score (nSPS) is 11.1. The zero-order valence-corrected chi connectivity index (χ0v) is 15.4. The fourth-order valence-corrected chi connectivity index (χ4v) is 3.03. The number of nitrogens with zero attached hydrogens (tertiary/aromatic N) is 1. The zero-order valence-electron chi connectivity index (χ0n) is 15.4. The van der Waals surface area contributed by atoms with E-state index in [0.717, 1.165) is 16.9 Å². The fraction of sp³-hybridized carbons (Fsp3) is 0.190. The number of benzene rings is 1. The summed E-state index contributed by atoms with van der Waals surface area (Å²) in [5, 5.41) is 0.264. The van der Waals surface area contributed by atoms with E-state index in [2.05, 4.69) is 9.97 Å². The van der Waals surface area contributed by atoms with Crippen molar-refractivity contribution in [3.63, 3.8) is 0 Å². The average Bonchev–Trinajstić information content (AvgIpc) is 3.06. The van der Waals surface area contributed by atoms with Crippen LogP contribution in [0, 0.1) is 6.92 Å².